The molecule has 0 saturated carbocycles. The first-order chi connectivity index (χ1) is 12.9. The highest BCUT2D eigenvalue weighted by Gasteiger charge is 2.28. The van der Waals surface area contributed by atoms with E-state index >= 15 is 0 Å². The number of aliphatic hydroxyl groups is 1. The number of aliphatic hydroxyl groups excluding tert-OH is 1. The largest absolute Gasteiger partial charge is 0.497 e. The van der Waals surface area contributed by atoms with E-state index in [0.29, 0.717) is 25.1 Å². The third kappa shape index (κ3) is 5.77. The average molecular weight is 393 g/mol. The van der Waals surface area contributed by atoms with Gasteiger partial charge in [0.1, 0.15) is 5.75 Å². The topological polar surface area (TPSA) is 92.9 Å². The van der Waals surface area contributed by atoms with Crippen LogP contribution in [-0.4, -0.2) is 50.2 Å². The maximum absolute atomic E-state index is 13.0. The molecule has 0 fully saturated rings. The molecule has 0 heterocycles. The van der Waals surface area contributed by atoms with Crippen molar-refractivity contribution >= 4 is 10.0 Å². The molecule has 2 rings (SSSR count). The van der Waals surface area contributed by atoms with E-state index in [9.17, 15) is 13.5 Å². The summed E-state index contributed by atoms with van der Waals surface area (Å²) < 4.78 is 32.3. The molecule has 0 amide bonds. The zero-order valence-electron chi connectivity index (χ0n) is 15.8. The van der Waals surface area contributed by atoms with Crippen LogP contribution in [0.2, 0.25) is 0 Å². The summed E-state index contributed by atoms with van der Waals surface area (Å²) in [4.78, 5) is 0.167. The number of hydrogen-bond acceptors (Lipinski definition) is 5. The van der Waals surface area contributed by atoms with E-state index in [0.717, 1.165) is 5.56 Å². The van der Waals surface area contributed by atoms with Crippen LogP contribution >= 0.6 is 0 Å². The number of methoxy groups -OCH3 is 1. The molecule has 27 heavy (non-hydrogen) atoms. The second-order valence-electron chi connectivity index (χ2n) is 6.46. The van der Waals surface area contributed by atoms with Crippen molar-refractivity contribution < 1.29 is 18.3 Å². The van der Waals surface area contributed by atoms with Gasteiger partial charge >= 0.3 is 0 Å². The SMILES string of the molecule is CCCN(C[C@@H](O)[C@@H](N)Cc1ccccc1)S(=O)(=O)c1ccc(OC)cc1. The van der Waals surface area contributed by atoms with E-state index in [1.807, 2.05) is 37.3 Å². The Bertz CT molecular complexity index is 794. The lowest BCUT2D eigenvalue weighted by molar-refractivity contribution is 0.119. The molecule has 0 aliphatic carbocycles. The Morgan fingerprint density at radius 1 is 1.11 bits per heavy atom. The van der Waals surface area contributed by atoms with E-state index in [1.54, 1.807) is 12.1 Å². The van der Waals surface area contributed by atoms with Gasteiger partial charge in [0.25, 0.3) is 0 Å². The van der Waals surface area contributed by atoms with Crippen LogP contribution in [0.15, 0.2) is 59.5 Å². The number of benzene rings is 2. The number of nitrogens with two attached hydrogens (primary N) is 1. The Kier molecular flexibility index (Phi) is 7.79. The van der Waals surface area contributed by atoms with E-state index in [4.69, 9.17) is 10.5 Å². The number of hydrogen-bond donors (Lipinski definition) is 2. The summed E-state index contributed by atoms with van der Waals surface area (Å²) in [5.74, 6) is 0.584. The lowest BCUT2D eigenvalue weighted by Crippen LogP contribution is -2.46. The van der Waals surface area contributed by atoms with Gasteiger partial charge in [0.05, 0.1) is 18.1 Å². The lowest BCUT2D eigenvalue weighted by Gasteiger charge is -2.27. The molecule has 0 bridgehead atoms. The Morgan fingerprint density at radius 2 is 1.74 bits per heavy atom. The minimum atomic E-state index is -3.73. The van der Waals surface area contributed by atoms with Crippen LogP contribution in [-0.2, 0) is 16.4 Å². The van der Waals surface area contributed by atoms with Crippen molar-refractivity contribution in [1.29, 1.82) is 0 Å². The van der Waals surface area contributed by atoms with Gasteiger partial charge in [-0.15, -0.1) is 0 Å². The third-order valence-corrected chi connectivity index (χ3v) is 6.25. The van der Waals surface area contributed by atoms with Crippen molar-refractivity contribution in [3.05, 3.63) is 60.2 Å². The molecule has 148 valence electrons. The summed E-state index contributed by atoms with van der Waals surface area (Å²) in [7, 11) is -2.20. The third-order valence-electron chi connectivity index (χ3n) is 4.37. The van der Waals surface area contributed by atoms with E-state index in [2.05, 4.69) is 0 Å². The van der Waals surface area contributed by atoms with Gasteiger partial charge in [-0.1, -0.05) is 37.3 Å². The quantitative estimate of drug-likeness (QED) is 0.645. The minimum absolute atomic E-state index is 0.0454. The van der Waals surface area contributed by atoms with E-state index in [-0.39, 0.29) is 11.4 Å². The summed E-state index contributed by atoms with van der Waals surface area (Å²) in [5, 5.41) is 10.5. The summed E-state index contributed by atoms with van der Waals surface area (Å²) >= 11 is 0. The molecule has 6 nitrogen and oxygen atoms in total. The summed E-state index contributed by atoms with van der Waals surface area (Å²) in [6, 6.07) is 15.3. The van der Waals surface area contributed by atoms with Crippen molar-refractivity contribution in [2.24, 2.45) is 5.73 Å². The monoisotopic (exact) mass is 392 g/mol. The number of sulfonamides is 1. The fourth-order valence-electron chi connectivity index (χ4n) is 2.82. The summed E-state index contributed by atoms with van der Waals surface area (Å²) in [6.07, 6.45) is 0.144. The van der Waals surface area contributed by atoms with Gasteiger partial charge in [-0.05, 0) is 42.7 Å². The van der Waals surface area contributed by atoms with Gasteiger partial charge in [-0.2, -0.15) is 4.31 Å². The number of ether oxygens (including phenoxy) is 1. The zero-order chi connectivity index (χ0) is 19.9. The van der Waals surface area contributed by atoms with Crippen molar-refractivity contribution in [1.82, 2.24) is 4.31 Å². The van der Waals surface area contributed by atoms with Gasteiger partial charge < -0.3 is 15.6 Å². The molecule has 0 radical (unpaired) electrons. The van der Waals surface area contributed by atoms with Crippen molar-refractivity contribution in [3.8, 4) is 5.75 Å². The second-order valence-corrected chi connectivity index (χ2v) is 8.40. The summed E-state index contributed by atoms with van der Waals surface area (Å²) in [5.41, 5.74) is 7.13. The van der Waals surface area contributed by atoms with Crippen LogP contribution < -0.4 is 10.5 Å². The molecule has 0 unspecified atom stereocenters. The normalized spacial score (nSPS) is 14.1. The van der Waals surface area contributed by atoms with Crippen LogP contribution in [0.3, 0.4) is 0 Å². The maximum Gasteiger partial charge on any atom is 0.243 e. The Balaban J connectivity index is 2.12. The van der Waals surface area contributed by atoms with Gasteiger partial charge in [-0.3, -0.25) is 0 Å². The molecule has 7 heteroatoms. The molecule has 2 atom stereocenters. The van der Waals surface area contributed by atoms with Gasteiger partial charge in [0.15, 0.2) is 0 Å². The van der Waals surface area contributed by atoms with Crippen LogP contribution in [0.25, 0.3) is 0 Å². The van der Waals surface area contributed by atoms with Gasteiger partial charge in [0, 0.05) is 19.1 Å². The van der Waals surface area contributed by atoms with Crippen molar-refractivity contribution in [3.63, 3.8) is 0 Å². The highest BCUT2D eigenvalue weighted by molar-refractivity contribution is 7.89. The predicted molar refractivity (Wildman–Crippen MR) is 106 cm³/mol. The van der Waals surface area contributed by atoms with Crippen molar-refractivity contribution in [2.75, 3.05) is 20.2 Å². The molecular formula is C20H28N2O4S. The Labute approximate surface area is 161 Å². The minimum Gasteiger partial charge on any atom is -0.497 e. The van der Waals surface area contributed by atoms with E-state index < -0.39 is 22.2 Å². The first-order valence-corrected chi connectivity index (χ1v) is 10.4. The molecule has 0 aliphatic rings. The lowest BCUT2D eigenvalue weighted by atomic mass is 10.0. The maximum atomic E-state index is 13.0. The fourth-order valence-corrected chi connectivity index (χ4v) is 4.37. The van der Waals surface area contributed by atoms with Crippen LogP contribution in [0.5, 0.6) is 5.75 Å². The molecule has 0 spiro atoms. The van der Waals surface area contributed by atoms with E-state index in [1.165, 1.54) is 23.5 Å². The standard InChI is InChI=1S/C20H28N2O4S/c1-3-13-22(27(24,25)18-11-9-17(26-2)10-12-18)15-20(23)19(21)14-16-7-5-4-6-8-16/h4-12,19-20,23H,3,13-15,21H2,1-2H3/t19-,20+/m0/s1. The molecule has 3 N–H and O–H groups in total. The Morgan fingerprint density at radius 3 is 2.30 bits per heavy atom. The van der Waals surface area contributed by atoms with Gasteiger partial charge in [0.2, 0.25) is 10.0 Å². The number of rotatable bonds is 10. The van der Waals surface area contributed by atoms with Crippen molar-refractivity contribution in [2.45, 2.75) is 36.8 Å². The molecule has 0 aromatic heterocycles. The first-order valence-electron chi connectivity index (χ1n) is 9.00. The highest BCUT2D eigenvalue weighted by atomic mass is 32.2. The number of nitrogens with zero attached hydrogens (tertiary/aromatic N) is 1. The van der Waals surface area contributed by atoms with Crippen LogP contribution in [0.4, 0.5) is 0 Å². The molecule has 2 aromatic rings. The summed E-state index contributed by atoms with van der Waals surface area (Å²) in [6.45, 7) is 2.16. The molecule has 2 aromatic carbocycles. The smallest absolute Gasteiger partial charge is 0.243 e. The zero-order valence-corrected chi connectivity index (χ0v) is 16.6. The average Bonchev–Trinajstić information content (AvgIpc) is 2.68. The second kappa shape index (κ2) is 9.85. The molecular weight excluding hydrogens is 364 g/mol. The Hall–Kier alpha value is -1.93. The molecule has 0 aliphatic heterocycles. The van der Waals surface area contributed by atoms with Gasteiger partial charge in [-0.25, -0.2) is 8.42 Å². The predicted octanol–water partition coefficient (Wildman–Crippen LogP) is 2.03. The van der Waals surface area contributed by atoms with Crippen LogP contribution in [0.1, 0.15) is 18.9 Å². The highest BCUT2D eigenvalue weighted by Crippen LogP contribution is 2.20. The fraction of sp³-hybridized carbons (Fsp3) is 0.400. The van der Waals surface area contributed by atoms with Crippen LogP contribution in [0, 0.1) is 0 Å². The first kappa shape index (κ1) is 21.4. The molecule has 0 saturated heterocycles.